The molecule has 0 aliphatic carbocycles. The average Bonchev–Trinajstić information content (AvgIpc) is 2.56. The summed E-state index contributed by atoms with van der Waals surface area (Å²) in [5, 5.41) is 16.0. The fourth-order valence-corrected chi connectivity index (χ4v) is 3.36. The predicted molar refractivity (Wildman–Crippen MR) is 82.2 cm³/mol. The molecule has 1 saturated heterocycles. The zero-order valence-electron chi connectivity index (χ0n) is 12.8. The molecule has 1 atom stereocenters. The van der Waals surface area contributed by atoms with Gasteiger partial charge in [0.1, 0.15) is 0 Å². The first kappa shape index (κ1) is 15.8. The molecule has 0 aromatic carbocycles. The minimum absolute atomic E-state index is 0.600. The van der Waals surface area contributed by atoms with Crippen LogP contribution in [0.3, 0.4) is 0 Å². The van der Waals surface area contributed by atoms with Gasteiger partial charge in [0.25, 0.3) is 0 Å². The summed E-state index contributed by atoms with van der Waals surface area (Å²) in [5.74, 6) is 0. The van der Waals surface area contributed by atoms with E-state index in [4.69, 9.17) is 11.6 Å². The summed E-state index contributed by atoms with van der Waals surface area (Å²) in [6.07, 6.45) is 4.47. The minimum atomic E-state index is -0.646. The molecule has 1 aliphatic heterocycles. The molecule has 1 aliphatic rings. The van der Waals surface area contributed by atoms with Crippen LogP contribution in [0.5, 0.6) is 0 Å². The minimum Gasteiger partial charge on any atom is -0.389 e. The Hall–Kier alpha value is -0.580. The highest BCUT2D eigenvalue weighted by molar-refractivity contribution is 6.31. The van der Waals surface area contributed by atoms with Gasteiger partial charge in [-0.1, -0.05) is 18.5 Å². The van der Waals surface area contributed by atoms with Gasteiger partial charge in [0.15, 0.2) is 0 Å². The van der Waals surface area contributed by atoms with E-state index in [1.165, 1.54) is 6.42 Å². The molecule has 0 radical (unpaired) electrons. The van der Waals surface area contributed by atoms with Gasteiger partial charge >= 0.3 is 0 Å². The molecule has 1 fully saturated rings. The second kappa shape index (κ2) is 6.46. The summed E-state index contributed by atoms with van der Waals surface area (Å²) in [7, 11) is 1.90. The van der Waals surface area contributed by atoms with E-state index < -0.39 is 5.60 Å². The van der Waals surface area contributed by atoms with Crippen molar-refractivity contribution < 1.29 is 5.11 Å². The predicted octanol–water partition coefficient (Wildman–Crippen LogP) is 2.55. The molecule has 4 nitrogen and oxygen atoms in total. The average molecular weight is 300 g/mol. The van der Waals surface area contributed by atoms with E-state index in [-0.39, 0.29) is 0 Å². The van der Waals surface area contributed by atoms with Gasteiger partial charge in [-0.2, -0.15) is 5.10 Å². The van der Waals surface area contributed by atoms with E-state index in [9.17, 15) is 5.11 Å². The normalized spacial score (nSPS) is 24.9. The summed E-state index contributed by atoms with van der Waals surface area (Å²) in [6.45, 7) is 7.30. The monoisotopic (exact) mass is 299 g/mol. The lowest BCUT2D eigenvalue weighted by atomic mass is 9.89. The molecule has 0 bridgehead atoms. The van der Waals surface area contributed by atoms with E-state index >= 15 is 0 Å². The third-order valence-electron chi connectivity index (χ3n) is 4.31. The van der Waals surface area contributed by atoms with Crippen LogP contribution in [0.25, 0.3) is 0 Å². The van der Waals surface area contributed by atoms with Crippen LogP contribution in [0.2, 0.25) is 5.02 Å². The van der Waals surface area contributed by atoms with Gasteiger partial charge in [-0.05, 0) is 45.7 Å². The molecule has 2 rings (SSSR count). The Morgan fingerprint density at radius 1 is 1.35 bits per heavy atom. The van der Waals surface area contributed by atoms with Crippen molar-refractivity contribution in [2.24, 2.45) is 7.05 Å². The van der Waals surface area contributed by atoms with Crippen LogP contribution in [0.4, 0.5) is 0 Å². The van der Waals surface area contributed by atoms with Crippen molar-refractivity contribution in [1.29, 1.82) is 0 Å². The first-order valence-electron chi connectivity index (χ1n) is 7.58. The molecule has 5 heteroatoms. The Labute approximate surface area is 126 Å². The highest BCUT2D eigenvalue weighted by Gasteiger charge is 2.32. The van der Waals surface area contributed by atoms with Gasteiger partial charge < -0.3 is 10.0 Å². The number of aliphatic hydroxyl groups is 1. The maximum absolute atomic E-state index is 10.9. The summed E-state index contributed by atoms with van der Waals surface area (Å²) < 4.78 is 1.81. The fourth-order valence-electron chi connectivity index (χ4n) is 3.14. The van der Waals surface area contributed by atoms with Gasteiger partial charge in [-0.25, -0.2) is 0 Å². The van der Waals surface area contributed by atoms with Gasteiger partial charge in [-0.15, -0.1) is 0 Å². The molecule has 0 amide bonds. The largest absolute Gasteiger partial charge is 0.389 e. The van der Waals surface area contributed by atoms with Crippen LogP contribution >= 0.6 is 11.6 Å². The summed E-state index contributed by atoms with van der Waals surface area (Å²) >= 11 is 6.31. The van der Waals surface area contributed by atoms with Crippen molar-refractivity contribution in [2.75, 3.05) is 19.6 Å². The van der Waals surface area contributed by atoms with Gasteiger partial charge in [0.2, 0.25) is 0 Å². The first-order valence-corrected chi connectivity index (χ1v) is 7.95. The maximum atomic E-state index is 10.9. The summed E-state index contributed by atoms with van der Waals surface area (Å²) in [5.41, 5.74) is 1.15. The van der Waals surface area contributed by atoms with Crippen LogP contribution in [0.1, 0.15) is 44.0 Å². The molecule has 20 heavy (non-hydrogen) atoms. The molecule has 2 heterocycles. The number of halogens is 1. The Kier molecular flexibility index (Phi) is 5.10. The zero-order valence-corrected chi connectivity index (χ0v) is 13.6. The van der Waals surface area contributed by atoms with Crippen LogP contribution in [0.15, 0.2) is 0 Å². The number of hydrogen-bond acceptors (Lipinski definition) is 3. The number of hydrogen-bond donors (Lipinski definition) is 1. The lowest BCUT2D eigenvalue weighted by Gasteiger charge is -2.27. The fraction of sp³-hybridized carbons (Fsp3) is 0.800. The van der Waals surface area contributed by atoms with Crippen molar-refractivity contribution in [2.45, 2.75) is 51.6 Å². The molecular weight excluding hydrogens is 274 g/mol. The molecule has 114 valence electrons. The molecule has 1 N–H and O–H groups in total. The number of rotatable bonds is 4. The van der Waals surface area contributed by atoms with Crippen molar-refractivity contribution >= 4 is 11.6 Å². The molecule has 1 aromatic rings. The molecule has 1 unspecified atom stereocenters. The SMILES string of the molecule is CCCN1CCCC(O)(Cc2c(Cl)c(C)nn2C)CC1. The van der Waals surface area contributed by atoms with Crippen molar-refractivity contribution in [1.82, 2.24) is 14.7 Å². The molecule has 0 spiro atoms. The topological polar surface area (TPSA) is 41.3 Å². The highest BCUT2D eigenvalue weighted by atomic mass is 35.5. The van der Waals surface area contributed by atoms with Crippen molar-refractivity contribution in [3.8, 4) is 0 Å². The van der Waals surface area contributed by atoms with Crippen LogP contribution < -0.4 is 0 Å². The van der Waals surface area contributed by atoms with Crippen molar-refractivity contribution in [3.63, 3.8) is 0 Å². The maximum Gasteiger partial charge on any atom is 0.0848 e. The standard InChI is InChI=1S/C15H26ClN3O/c1-4-8-19-9-5-6-15(20,7-10-19)11-13-14(16)12(2)17-18(13)3/h20H,4-11H2,1-3H3. The summed E-state index contributed by atoms with van der Waals surface area (Å²) in [6, 6.07) is 0. The van der Waals surface area contributed by atoms with Crippen LogP contribution in [-0.2, 0) is 13.5 Å². The Bertz CT molecular complexity index is 460. The molecule has 1 aromatic heterocycles. The lowest BCUT2D eigenvalue weighted by molar-refractivity contribution is 0.0240. The third kappa shape index (κ3) is 3.54. The number of likely N-dealkylation sites (tertiary alicyclic amines) is 1. The van der Waals surface area contributed by atoms with E-state index in [2.05, 4.69) is 16.9 Å². The lowest BCUT2D eigenvalue weighted by Crippen LogP contribution is -2.34. The van der Waals surface area contributed by atoms with Crippen LogP contribution in [-0.4, -0.2) is 45.0 Å². The smallest absolute Gasteiger partial charge is 0.0848 e. The van der Waals surface area contributed by atoms with Gasteiger partial charge in [-0.3, -0.25) is 4.68 Å². The van der Waals surface area contributed by atoms with Crippen LogP contribution in [0, 0.1) is 6.92 Å². The van der Waals surface area contributed by atoms with Gasteiger partial charge in [0, 0.05) is 20.0 Å². The third-order valence-corrected chi connectivity index (χ3v) is 4.80. The van der Waals surface area contributed by atoms with E-state index in [0.717, 1.165) is 50.3 Å². The number of nitrogens with zero attached hydrogens (tertiary/aromatic N) is 3. The van der Waals surface area contributed by atoms with E-state index in [1.807, 2.05) is 18.7 Å². The quantitative estimate of drug-likeness (QED) is 0.929. The molecular formula is C15H26ClN3O. The Morgan fingerprint density at radius 2 is 2.10 bits per heavy atom. The Balaban J connectivity index is 2.07. The van der Waals surface area contributed by atoms with Crippen molar-refractivity contribution in [3.05, 3.63) is 16.4 Å². The second-order valence-corrected chi connectivity index (χ2v) is 6.44. The Morgan fingerprint density at radius 3 is 2.70 bits per heavy atom. The van der Waals surface area contributed by atoms with E-state index in [0.29, 0.717) is 11.4 Å². The first-order chi connectivity index (χ1) is 9.45. The second-order valence-electron chi connectivity index (χ2n) is 6.07. The zero-order chi connectivity index (χ0) is 14.8. The number of aromatic nitrogens is 2. The highest BCUT2D eigenvalue weighted by Crippen LogP contribution is 2.30. The molecule has 0 saturated carbocycles. The number of aryl methyl sites for hydroxylation is 2. The van der Waals surface area contributed by atoms with E-state index in [1.54, 1.807) is 0 Å². The van der Waals surface area contributed by atoms with Gasteiger partial charge in [0.05, 0.1) is 22.0 Å². The summed E-state index contributed by atoms with van der Waals surface area (Å²) in [4.78, 5) is 2.45.